The van der Waals surface area contributed by atoms with Crippen LogP contribution in [0.1, 0.15) is 65.8 Å². The molecule has 72 heavy (non-hydrogen) atoms. The predicted molar refractivity (Wildman–Crippen MR) is 304 cm³/mol. The van der Waals surface area contributed by atoms with E-state index in [1.165, 1.54) is 126 Å². The van der Waals surface area contributed by atoms with Gasteiger partial charge >= 0.3 is 0 Å². The van der Waals surface area contributed by atoms with Gasteiger partial charge in [-0.25, -0.2) is 0 Å². The molecule has 2 aliphatic rings. The van der Waals surface area contributed by atoms with Crippen LogP contribution < -0.4 is 4.90 Å². The Bertz CT molecular complexity index is 3650. The van der Waals surface area contributed by atoms with Crippen molar-refractivity contribution in [1.29, 1.82) is 0 Å². The smallest absolute Gasteiger partial charge is 0.0713 e. The fourth-order valence-electron chi connectivity index (χ4n) is 12.6. The molecule has 0 saturated heterocycles. The number of nitrogens with zero attached hydrogens (tertiary/aromatic N) is 1. The molecule has 2 aliphatic carbocycles. The molecule has 0 radical (unpaired) electrons. The van der Waals surface area contributed by atoms with Crippen molar-refractivity contribution < 1.29 is 0 Å². The third-order valence-electron chi connectivity index (χ3n) is 15.8. The van der Waals surface area contributed by atoms with Gasteiger partial charge in [-0.15, -0.1) is 0 Å². The van der Waals surface area contributed by atoms with Gasteiger partial charge in [-0.3, -0.25) is 0 Å². The first-order valence-corrected chi connectivity index (χ1v) is 25.9. The molecule has 0 atom stereocenters. The molecule has 0 bridgehead atoms. The maximum Gasteiger partial charge on any atom is 0.0713 e. The highest BCUT2D eigenvalue weighted by Crippen LogP contribution is 2.59. The van der Waals surface area contributed by atoms with Crippen LogP contribution in [0.5, 0.6) is 0 Å². The molecule has 0 spiro atoms. The minimum absolute atomic E-state index is 0.509. The lowest BCUT2D eigenvalue weighted by Gasteiger charge is -2.34. The summed E-state index contributed by atoms with van der Waals surface area (Å²) in [5.74, 6) is 0.559. The number of rotatable bonds is 10. The van der Waals surface area contributed by atoms with Crippen LogP contribution in [-0.2, 0) is 5.41 Å². The van der Waals surface area contributed by atoms with Gasteiger partial charge in [0.1, 0.15) is 0 Å². The number of hydrogen-bond donors (Lipinski definition) is 0. The average molecular weight is 922 g/mol. The highest BCUT2D eigenvalue weighted by molar-refractivity contribution is 6.05. The van der Waals surface area contributed by atoms with Gasteiger partial charge in [0.05, 0.1) is 16.8 Å². The van der Waals surface area contributed by atoms with Gasteiger partial charge in [0, 0.05) is 16.8 Å². The quantitative estimate of drug-likeness (QED) is 0.132. The van der Waals surface area contributed by atoms with E-state index >= 15 is 0 Å². The summed E-state index contributed by atoms with van der Waals surface area (Å²) in [4.78, 5) is 2.54. The maximum absolute atomic E-state index is 2.54. The van der Waals surface area contributed by atoms with Gasteiger partial charge in [0.25, 0.3) is 0 Å². The van der Waals surface area contributed by atoms with Crippen molar-refractivity contribution in [2.24, 2.45) is 0 Å². The van der Waals surface area contributed by atoms with Crippen LogP contribution in [0.25, 0.3) is 66.4 Å². The molecule has 1 nitrogen and oxygen atoms in total. The molecular formula is C71H55N. The standard InChI is InChI=1S/C71H55N/c1-5-22-50(23-6-1)51-42-44-52(45-43-51)53-46-48-58(49-47-53)72(67-40-17-14-32-60(67)62-36-20-27-55-26-19-35-59(69(55)62)54-24-7-2-8-25-54)68-41-18-15-33-61(68)63-37-21-39-66-70(63)64-34-13-16-38-65(64)71(66,56-28-9-3-10-29-56)57-30-11-4-12-31-57/h1,3-6,9-23,26-49,54H,2,7-8,24-25H2. The van der Waals surface area contributed by atoms with E-state index in [1.807, 2.05) is 0 Å². The van der Waals surface area contributed by atoms with Crippen molar-refractivity contribution in [3.8, 4) is 55.6 Å². The lowest BCUT2D eigenvalue weighted by Crippen LogP contribution is -2.28. The summed E-state index contributed by atoms with van der Waals surface area (Å²) in [5.41, 5.74) is 21.8. The maximum atomic E-state index is 2.54. The van der Waals surface area contributed by atoms with Crippen LogP contribution >= 0.6 is 0 Å². The molecule has 1 fully saturated rings. The van der Waals surface area contributed by atoms with Gasteiger partial charge in [0.15, 0.2) is 0 Å². The average Bonchev–Trinajstić information content (AvgIpc) is 3.78. The van der Waals surface area contributed by atoms with Gasteiger partial charge in [-0.05, 0) is 126 Å². The number of anilines is 3. The lowest BCUT2D eigenvalue weighted by atomic mass is 9.67. The van der Waals surface area contributed by atoms with Crippen molar-refractivity contribution in [1.82, 2.24) is 0 Å². The summed E-state index contributed by atoms with van der Waals surface area (Å²) >= 11 is 0. The Balaban J connectivity index is 1.03. The third kappa shape index (κ3) is 7.39. The minimum Gasteiger partial charge on any atom is -0.309 e. The molecular weight excluding hydrogens is 867 g/mol. The molecule has 0 N–H and O–H groups in total. The van der Waals surface area contributed by atoms with E-state index in [0.717, 1.165) is 17.1 Å². The van der Waals surface area contributed by atoms with Crippen molar-refractivity contribution in [3.63, 3.8) is 0 Å². The summed E-state index contributed by atoms with van der Waals surface area (Å²) in [6.07, 6.45) is 6.41. The second-order valence-electron chi connectivity index (χ2n) is 19.7. The van der Waals surface area contributed by atoms with E-state index < -0.39 is 5.41 Å². The second kappa shape index (κ2) is 18.7. The van der Waals surface area contributed by atoms with Crippen LogP contribution in [0.4, 0.5) is 17.1 Å². The summed E-state index contributed by atoms with van der Waals surface area (Å²) in [5, 5.41) is 2.69. The van der Waals surface area contributed by atoms with Gasteiger partial charge in [0.2, 0.25) is 0 Å². The van der Waals surface area contributed by atoms with Crippen LogP contribution in [0.15, 0.2) is 267 Å². The lowest BCUT2D eigenvalue weighted by molar-refractivity contribution is 0.445. The van der Waals surface area contributed by atoms with Gasteiger partial charge in [-0.1, -0.05) is 262 Å². The normalized spacial score (nSPS) is 13.9. The van der Waals surface area contributed by atoms with E-state index in [4.69, 9.17) is 0 Å². The SMILES string of the molecule is c1ccc(-c2ccc(-c3ccc(N(c4ccccc4-c4cccc5c4-c4ccccc4C5(c4ccccc4)c4ccccc4)c4ccccc4-c4cccc5cccc(C6CCCCC6)c45)cc3)cc2)cc1. The minimum atomic E-state index is -0.509. The highest BCUT2D eigenvalue weighted by Gasteiger charge is 2.47. The van der Waals surface area contributed by atoms with E-state index in [0.29, 0.717) is 5.92 Å². The topological polar surface area (TPSA) is 3.24 Å². The van der Waals surface area contributed by atoms with Gasteiger partial charge < -0.3 is 4.90 Å². The second-order valence-corrected chi connectivity index (χ2v) is 19.7. The first kappa shape index (κ1) is 43.5. The fraction of sp³-hybridized carbons (Fsp3) is 0.0986. The number of fused-ring (bicyclic) bond motifs is 4. The van der Waals surface area contributed by atoms with Crippen molar-refractivity contribution in [2.45, 2.75) is 43.4 Å². The predicted octanol–water partition coefficient (Wildman–Crippen LogP) is 19.4. The Morgan fingerprint density at radius 3 is 1.39 bits per heavy atom. The Labute approximate surface area is 424 Å². The number of benzene rings is 11. The Kier molecular flexibility index (Phi) is 11.3. The Morgan fingerprint density at radius 2 is 0.764 bits per heavy atom. The first-order valence-electron chi connectivity index (χ1n) is 25.9. The molecule has 0 unspecified atom stereocenters. The van der Waals surface area contributed by atoms with E-state index in [1.54, 1.807) is 0 Å². The number of hydrogen-bond acceptors (Lipinski definition) is 1. The molecule has 344 valence electrons. The van der Waals surface area contributed by atoms with Crippen LogP contribution in [-0.4, -0.2) is 0 Å². The van der Waals surface area contributed by atoms with Crippen molar-refractivity contribution in [2.75, 3.05) is 4.90 Å². The number of para-hydroxylation sites is 2. The van der Waals surface area contributed by atoms with Crippen LogP contribution in [0.3, 0.4) is 0 Å². The molecule has 13 rings (SSSR count). The Hall–Kier alpha value is -8.52. The highest BCUT2D eigenvalue weighted by atomic mass is 15.1. The molecule has 1 heteroatoms. The van der Waals surface area contributed by atoms with Crippen LogP contribution in [0.2, 0.25) is 0 Å². The van der Waals surface area contributed by atoms with E-state index in [2.05, 4.69) is 272 Å². The molecule has 11 aromatic rings. The fourth-order valence-corrected chi connectivity index (χ4v) is 12.6. The van der Waals surface area contributed by atoms with Crippen molar-refractivity contribution in [3.05, 3.63) is 295 Å². The third-order valence-corrected chi connectivity index (χ3v) is 15.8. The Morgan fingerprint density at radius 1 is 0.319 bits per heavy atom. The van der Waals surface area contributed by atoms with E-state index in [9.17, 15) is 0 Å². The molecule has 0 heterocycles. The van der Waals surface area contributed by atoms with E-state index in [-0.39, 0.29) is 0 Å². The summed E-state index contributed by atoms with van der Waals surface area (Å²) in [7, 11) is 0. The largest absolute Gasteiger partial charge is 0.309 e. The monoisotopic (exact) mass is 921 g/mol. The summed E-state index contributed by atoms with van der Waals surface area (Å²) in [6, 6.07) is 99.5. The molecule has 0 amide bonds. The van der Waals surface area contributed by atoms with Gasteiger partial charge in [-0.2, -0.15) is 0 Å². The molecule has 0 aliphatic heterocycles. The zero-order valence-electron chi connectivity index (χ0n) is 40.5. The van der Waals surface area contributed by atoms with Crippen LogP contribution in [0, 0.1) is 0 Å². The summed E-state index contributed by atoms with van der Waals surface area (Å²) < 4.78 is 0. The molecule has 1 saturated carbocycles. The molecule has 0 aromatic heterocycles. The zero-order chi connectivity index (χ0) is 47.8. The summed E-state index contributed by atoms with van der Waals surface area (Å²) in [6.45, 7) is 0. The first-order chi connectivity index (χ1) is 35.8. The molecule has 11 aromatic carbocycles. The zero-order valence-corrected chi connectivity index (χ0v) is 40.5. The van der Waals surface area contributed by atoms with Crippen molar-refractivity contribution >= 4 is 27.8 Å².